The summed E-state index contributed by atoms with van der Waals surface area (Å²) in [5, 5.41) is 5.88. The molecule has 0 aliphatic carbocycles. The highest BCUT2D eigenvalue weighted by molar-refractivity contribution is 5.68. The van der Waals surface area contributed by atoms with Crippen LogP contribution in [0.1, 0.15) is 32.4 Å². The number of alkyl carbamates (subject to hydrolysis) is 1. The molecule has 1 heterocycles. The fourth-order valence-electron chi connectivity index (χ4n) is 1.50. The van der Waals surface area contributed by atoms with Gasteiger partial charge in [-0.2, -0.15) is 0 Å². The van der Waals surface area contributed by atoms with Crippen LogP contribution in [0.2, 0.25) is 0 Å². The van der Waals surface area contributed by atoms with E-state index in [-0.39, 0.29) is 6.04 Å². The summed E-state index contributed by atoms with van der Waals surface area (Å²) in [5.41, 5.74) is 0.497. The number of rotatable bonds is 4. The van der Waals surface area contributed by atoms with Crippen LogP contribution in [0.25, 0.3) is 0 Å². The number of likely N-dealkylation sites (N-methyl/N-ethyl adjacent to an activating group) is 1. The summed E-state index contributed by atoms with van der Waals surface area (Å²) in [4.78, 5) is 15.7. The highest BCUT2D eigenvalue weighted by Gasteiger charge is 2.19. The molecule has 100 valence electrons. The Morgan fingerprint density at radius 2 is 2.00 bits per heavy atom. The molecule has 1 atom stereocenters. The van der Waals surface area contributed by atoms with Crippen LogP contribution >= 0.6 is 0 Å². The van der Waals surface area contributed by atoms with Crippen LogP contribution in [-0.4, -0.2) is 30.3 Å². The molecular formula is C13H21N3O2. The monoisotopic (exact) mass is 251 g/mol. The summed E-state index contributed by atoms with van der Waals surface area (Å²) >= 11 is 0. The Kier molecular flexibility index (Phi) is 5.09. The predicted molar refractivity (Wildman–Crippen MR) is 70.3 cm³/mol. The summed E-state index contributed by atoms with van der Waals surface area (Å²) in [7, 11) is 1.84. The molecule has 1 amide bonds. The van der Waals surface area contributed by atoms with Gasteiger partial charge in [0, 0.05) is 18.9 Å². The lowest BCUT2D eigenvalue weighted by Crippen LogP contribution is -2.38. The van der Waals surface area contributed by atoms with Crippen LogP contribution in [0.5, 0.6) is 0 Å². The number of amides is 1. The van der Waals surface area contributed by atoms with Gasteiger partial charge in [0.25, 0.3) is 0 Å². The third-order valence-electron chi connectivity index (χ3n) is 2.21. The first-order valence-electron chi connectivity index (χ1n) is 5.96. The molecule has 0 saturated heterocycles. The zero-order valence-corrected chi connectivity index (χ0v) is 11.4. The van der Waals surface area contributed by atoms with Gasteiger partial charge in [0.05, 0.1) is 6.04 Å². The average molecular weight is 251 g/mol. The van der Waals surface area contributed by atoms with E-state index in [1.54, 1.807) is 12.4 Å². The molecule has 0 saturated carbocycles. The van der Waals surface area contributed by atoms with Gasteiger partial charge < -0.3 is 15.4 Å². The minimum absolute atomic E-state index is 0.132. The van der Waals surface area contributed by atoms with Gasteiger partial charge in [-0.15, -0.1) is 0 Å². The van der Waals surface area contributed by atoms with Crippen molar-refractivity contribution in [2.75, 3.05) is 13.6 Å². The minimum atomic E-state index is -0.494. The largest absolute Gasteiger partial charge is 0.444 e. The fraction of sp³-hybridized carbons (Fsp3) is 0.538. The van der Waals surface area contributed by atoms with Crippen LogP contribution in [0.3, 0.4) is 0 Å². The molecule has 0 aromatic carbocycles. The lowest BCUT2D eigenvalue weighted by molar-refractivity contribution is 0.0503. The molecule has 1 aromatic heterocycles. The molecule has 0 radical (unpaired) electrons. The third-order valence-corrected chi connectivity index (χ3v) is 2.21. The highest BCUT2D eigenvalue weighted by Crippen LogP contribution is 2.13. The third kappa shape index (κ3) is 5.14. The average Bonchev–Trinajstić information content (AvgIpc) is 2.27. The minimum Gasteiger partial charge on any atom is -0.444 e. The SMILES string of the molecule is CNCC(NC(=O)OC(C)(C)C)c1ccncc1. The number of hydrogen-bond donors (Lipinski definition) is 2. The fourth-order valence-corrected chi connectivity index (χ4v) is 1.50. The smallest absolute Gasteiger partial charge is 0.408 e. The van der Waals surface area contributed by atoms with Gasteiger partial charge in [-0.1, -0.05) is 0 Å². The van der Waals surface area contributed by atoms with Crippen LogP contribution in [0.4, 0.5) is 4.79 Å². The van der Waals surface area contributed by atoms with Gasteiger partial charge in [-0.3, -0.25) is 4.98 Å². The van der Waals surface area contributed by atoms with Crippen LogP contribution in [0.15, 0.2) is 24.5 Å². The summed E-state index contributed by atoms with van der Waals surface area (Å²) in [6.45, 7) is 6.15. The number of carbonyl (C=O) groups excluding carboxylic acids is 1. The van der Waals surface area contributed by atoms with Crippen molar-refractivity contribution < 1.29 is 9.53 Å². The second-order valence-corrected chi connectivity index (χ2v) is 5.04. The predicted octanol–water partition coefficient (Wildman–Crippen LogP) is 1.87. The molecule has 0 fully saturated rings. The van der Waals surface area contributed by atoms with Crippen molar-refractivity contribution >= 4 is 6.09 Å². The first-order valence-corrected chi connectivity index (χ1v) is 5.96. The Morgan fingerprint density at radius 1 is 1.39 bits per heavy atom. The van der Waals surface area contributed by atoms with Gasteiger partial charge in [0.1, 0.15) is 5.60 Å². The maximum absolute atomic E-state index is 11.7. The van der Waals surface area contributed by atoms with Crippen molar-refractivity contribution in [1.82, 2.24) is 15.6 Å². The van der Waals surface area contributed by atoms with E-state index in [4.69, 9.17) is 4.74 Å². The van der Waals surface area contributed by atoms with Gasteiger partial charge in [-0.05, 0) is 45.5 Å². The summed E-state index contributed by atoms with van der Waals surface area (Å²) in [6.07, 6.45) is 2.99. The summed E-state index contributed by atoms with van der Waals surface area (Å²) in [6, 6.07) is 3.62. The molecular weight excluding hydrogens is 230 g/mol. The molecule has 0 bridgehead atoms. The van der Waals surface area contributed by atoms with E-state index in [1.165, 1.54) is 0 Å². The van der Waals surface area contributed by atoms with Crippen molar-refractivity contribution in [2.24, 2.45) is 0 Å². The van der Waals surface area contributed by atoms with Crippen molar-refractivity contribution in [3.05, 3.63) is 30.1 Å². The Hall–Kier alpha value is -1.62. The van der Waals surface area contributed by atoms with E-state index in [0.717, 1.165) is 5.56 Å². The quantitative estimate of drug-likeness (QED) is 0.857. The Morgan fingerprint density at radius 3 is 2.50 bits per heavy atom. The standard InChI is InChI=1S/C13H21N3O2/c1-13(2,3)18-12(17)16-11(9-14-4)10-5-7-15-8-6-10/h5-8,11,14H,9H2,1-4H3,(H,16,17). The van der Waals surface area contributed by atoms with E-state index in [9.17, 15) is 4.79 Å². The first kappa shape index (κ1) is 14.4. The van der Waals surface area contributed by atoms with Crippen LogP contribution in [0, 0.1) is 0 Å². The lowest BCUT2D eigenvalue weighted by Gasteiger charge is -2.23. The molecule has 1 unspecified atom stereocenters. The van der Waals surface area contributed by atoms with Gasteiger partial charge in [0.15, 0.2) is 0 Å². The molecule has 1 rings (SSSR count). The van der Waals surface area contributed by atoms with E-state index >= 15 is 0 Å². The van der Waals surface area contributed by atoms with E-state index in [0.29, 0.717) is 6.54 Å². The molecule has 5 nitrogen and oxygen atoms in total. The van der Waals surface area contributed by atoms with Crippen LogP contribution in [-0.2, 0) is 4.74 Å². The molecule has 0 aliphatic rings. The second-order valence-electron chi connectivity index (χ2n) is 5.04. The molecule has 1 aromatic rings. The molecule has 0 spiro atoms. The molecule has 5 heteroatoms. The topological polar surface area (TPSA) is 63.2 Å². The van der Waals surface area contributed by atoms with Crippen molar-refractivity contribution in [2.45, 2.75) is 32.4 Å². The van der Waals surface area contributed by atoms with Crippen molar-refractivity contribution in [3.63, 3.8) is 0 Å². The molecule has 0 aliphatic heterocycles. The zero-order chi connectivity index (χ0) is 13.6. The van der Waals surface area contributed by atoms with Crippen LogP contribution < -0.4 is 10.6 Å². The van der Waals surface area contributed by atoms with Gasteiger partial charge in [-0.25, -0.2) is 4.79 Å². The lowest BCUT2D eigenvalue weighted by atomic mass is 10.1. The number of hydrogen-bond acceptors (Lipinski definition) is 4. The number of nitrogens with one attached hydrogen (secondary N) is 2. The van der Waals surface area contributed by atoms with Gasteiger partial charge >= 0.3 is 6.09 Å². The molecule has 18 heavy (non-hydrogen) atoms. The normalized spacial score (nSPS) is 12.9. The van der Waals surface area contributed by atoms with Crippen molar-refractivity contribution in [3.8, 4) is 0 Å². The summed E-state index contributed by atoms with van der Waals surface area (Å²) in [5.74, 6) is 0. The Labute approximate surface area is 108 Å². The second kappa shape index (κ2) is 6.35. The van der Waals surface area contributed by atoms with E-state index in [2.05, 4.69) is 15.6 Å². The highest BCUT2D eigenvalue weighted by atomic mass is 16.6. The Balaban J connectivity index is 2.67. The Bertz CT molecular complexity index is 374. The zero-order valence-electron chi connectivity index (χ0n) is 11.4. The van der Waals surface area contributed by atoms with Crippen molar-refractivity contribution in [1.29, 1.82) is 0 Å². The number of carbonyl (C=O) groups is 1. The van der Waals surface area contributed by atoms with Gasteiger partial charge in [0.2, 0.25) is 0 Å². The van der Waals surface area contributed by atoms with E-state index in [1.807, 2.05) is 40.0 Å². The number of ether oxygens (including phenoxy) is 1. The maximum atomic E-state index is 11.7. The first-order chi connectivity index (χ1) is 8.42. The number of pyridine rings is 1. The molecule has 2 N–H and O–H groups in total. The summed E-state index contributed by atoms with van der Waals surface area (Å²) < 4.78 is 5.24. The number of nitrogens with zero attached hydrogens (tertiary/aromatic N) is 1. The maximum Gasteiger partial charge on any atom is 0.408 e. The number of aromatic nitrogens is 1. The van der Waals surface area contributed by atoms with E-state index < -0.39 is 11.7 Å².